The summed E-state index contributed by atoms with van der Waals surface area (Å²) in [7, 11) is 1.58. The molecule has 0 fully saturated rings. The maximum atomic E-state index is 12.2. The predicted molar refractivity (Wildman–Crippen MR) is 129 cm³/mol. The van der Waals surface area contributed by atoms with Crippen molar-refractivity contribution < 1.29 is 23.7 Å². The minimum atomic E-state index is -0.761. The van der Waals surface area contributed by atoms with E-state index in [-0.39, 0.29) is 5.41 Å². The van der Waals surface area contributed by atoms with Crippen LogP contribution in [0.15, 0.2) is 42.5 Å². The first-order chi connectivity index (χ1) is 15.5. The standard InChI is InChI=1S/C27H33NO5/c1-8-15-28-21-12-10-9-11-20(21)26(5,6)27(28)14-13-18-16-19(17-22(30-7)23(18)32-27)31-24(29)33-25(2,3)4/h9-14,16-17H,8,15H2,1-7H3. The van der Waals surface area contributed by atoms with Crippen LogP contribution in [0.4, 0.5) is 10.5 Å². The lowest BCUT2D eigenvalue weighted by Gasteiger charge is -2.47. The quantitative estimate of drug-likeness (QED) is 0.401. The van der Waals surface area contributed by atoms with E-state index >= 15 is 0 Å². The van der Waals surface area contributed by atoms with Crippen LogP contribution in [-0.4, -0.2) is 31.1 Å². The van der Waals surface area contributed by atoms with Gasteiger partial charge in [0.25, 0.3) is 0 Å². The van der Waals surface area contributed by atoms with Crippen LogP contribution in [0, 0.1) is 0 Å². The van der Waals surface area contributed by atoms with E-state index in [4.69, 9.17) is 18.9 Å². The second-order valence-corrected chi connectivity index (χ2v) is 10.0. The number of benzene rings is 2. The number of carbonyl (C=O) groups excluding carboxylic acids is 1. The molecular formula is C27H33NO5. The Hall–Kier alpha value is -3.15. The molecule has 0 amide bonds. The Morgan fingerprint density at radius 1 is 1.15 bits per heavy atom. The molecule has 2 aromatic carbocycles. The number of anilines is 1. The summed E-state index contributed by atoms with van der Waals surface area (Å²) in [5.74, 6) is 1.46. The molecule has 0 saturated heterocycles. The Bertz CT molecular complexity index is 1100. The lowest BCUT2D eigenvalue weighted by Crippen LogP contribution is -2.59. The molecule has 0 radical (unpaired) electrons. The first kappa shape index (κ1) is 23.0. The van der Waals surface area contributed by atoms with Crippen molar-refractivity contribution in [3.8, 4) is 17.2 Å². The Balaban J connectivity index is 1.74. The zero-order valence-electron chi connectivity index (χ0n) is 20.5. The third-order valence-electron chi connectivity index (χ3n) is 6.23. The van der Waals surface area contributed by atoms with E-state index in [1.807, 2.05) is 6.08 Å². The molecule has 33 heavy (non-hydrogen) atoms. The van der Waals surface area contributed by atoms with Crippen LogP contribution in [0.3, 0.4) is 0 Å². The summed E-state index contributed by atoms with van der Waals surface area (Å²) in [6.07, 6.45) is 4.36. The molecule has 2 heterocycles. The van der Waals surface area contributed by atoms with Gasteiger partial charge in [0, 0.05) is 23.9 Å². The Morgan fingerprint density at radius 2 is 1.88 bits per heavy atom. The van der Waals surface area contributed by atoms with E-state index in [9.17, 15) is 4.79 Å². The number of para-hydroxylation sites is 1. The highest BCUT2D eigenvalue weighted by molar-refractivity contribution is 5.75. The van der Waals surface area contributed by atoms with Crippen molar-refractivity contribution >= 4 is 17.9 Å². The van der Waals surface area contributed by atoms with E-state index in [0.717, 1.165) is 18.5 Å². The molecule has 0 bridgehead atoms. The van der Waals surface area contributed by atoms with Crippen LogP contribution in [0.1, 0.15) is 59.1 Å². The first-order valence-corrected chi connectivity index (χ1v) is 11.4. The Labute approximate surface area is 196 Å². The summed E-state index contributed by atoms with van der Waals surface area (Å²) in [6.45, 7) is 12.8. The fourth-order valence-corrected chi connectivity index (χ4v) is 4.74. The topological polar surface area (TPSA) is 57.2 Å². The second-order valence-electron chi connectivity index (χ2n) is 10.0. The molecule has 0 saturated carbocycles. The maximum Gasteiger partial charge on any atom is 0.514 e. The zero-order chi connectivity index (χ0) is 24.0. The van der Waals surface area contributed by atoms with Gasteiger partial charge in [-0.25, -0.2) is 4.79 Å². The largest absolute Gasteiger partial charge is 0.514 e. The minimum Gasteiger partial charge on any atom is -0.493 e. The monoisotopic (exact) mass is 451 g/mol. The summed E-state index contributed by atoms with van der Waals surface area (Å²) in [4.78, 5) is 14.5. The van der Waals surface area contributed by atoms with Crippen molar-refractivity contribution in [3.05, 3.63) is 53.6 Å². The molecule has 0 aromatic heterocycles. The van der Waals surface area contributed by atoms with Crippen molar-refractivity contribution in [2.45, 2.75) is 64.7 Å². The second kappa shape index (κ2) is 8.01. The Morgan fingerprint density at radius 3 is 2.55 bits per heavy atom. The van der Waals surface area contributed by atoms with Crippen LogP contribution in [0.5, 0.6) is 17.2 Å². The third-order valence-corrected chi connectivity index (χ3v) is 6.23. The highest BCUT2D eigenvalue weighted by Gasteiger charge is 2.58. The van der Waals surface area contributed by atoms with E-state index < -0.39 is 17.5 Å². The van der Waals surface area contributed by atoms with Gasteiger partial charge in [-0.05, 0) is 70.9 Å². The summed E-state index contributed by atoms with van der Waals surface area (Å²) in [5.41, 5.74) is 1.54. The molecule has 2 aliphatic rings. The van der Waals surface area contributed by atoms with Crippen molar-refractivity contribution in [3.63, 3.8) is 0 Å². The number of hydrogen-bond donors (Lipinski definition) is 0. The average Bonchev–Trinajstić information content (AvgIpc) is 2.91. The van der Waals surface area contributed by atoms with Gasteiger partial charge in [-0.15, -0.1) is 0 Å². The van der Waals surface area contributed by atoms with Gasteiger partial charge >= 0.3 is 6.16 Å². The third kappa shape index (κ3) is 3.81. The van der Waals surface area contributed by atoms with E-state index in [0.29, 0.717) is 17.2 Å². The maximum absolute atomic E-state index is 12.2. The number of carbonyl (C=O) groups is 1. The van der Waals surface area contributed by atoms with Gasteiger partial charge in [0.05, 0.1) is 12.5 Å². The SMILES string of the molecule is CCCN1c2ccccc2C(C)(C)C12C=Cc1cc(OC(=O)OC(C)(C)C)cc(OC)c1O2. The normalized spacial score (nSPS) is 20.2. The van der Waals surface area contributed by atoms with Crippen LogP contribution < -0.4 is 19.1 Å². The lowest BCUT2D eigenvalue weighted by atomic mass is 9.76. The molecule has 6 heteroatoms. The molecule has 1 spiro atoms. The zero-order valence-corrected chi connectivity index (χ0v) is 20.5. The number of ether oxygens (including phenoxy) is 4. The van der Waals surface area contributed by atoms with Crippen LogP contribution in [0.2, 0.25) is 0 Å². The highest BCUT2D eigenvalue weighted by Crippen LogP contribution is 2.56. The summed E-state index contributed by atoms with van der Waals surface area (Å²) in [5, 5.41) is 0. The minimum absolute atomic E-state index is 0.316. The predicted octanol–water partition coefficient (Wildman–Crippen LogP) is 6.32. The van der Waals surface area contributed by atoms with Gasteiger partial charge < -0.3 is 23.8 Å². The van der Waals surface area contributed by atoms with Crippen molar-refractivity contribution in [2.24, 2.45) is 0 Å². The summed E-state index contributed by atoms with van der Waals surface area (Å²) in [6, 6.07) is 11.9. The van der Waals surface area contributed by atoms with Crippen LogP contribution >= 0.6 is 0 Å². The number of hydrogen-bond acceptors (Lipinski definition) is 6. The average molecular weight is 452 g/mol. The van der Waals surface area contributed by atoms with Gasteiger partial charge in [0.1, 0.15) is 11.4 Å². The molecule has 2 aromatic rings. The first-order valence-electron chi connectivity index (χ1n) is 11.4. The van der Waals surface area contributed by atoms with E-state index in [2.05, 4.69) is 56.0 Å². The van der Waals surface area contributed by atoms with Crippen LogP contribution in [0.25, 0.3) is 6.08 Å². The van der Waals surface area contributed by atoms with Gasteiger partial charge in [0.15, 0.2) is 11.5 Å². The van der Waals surface area contributed by atoms with Gasteiger partial charge in [-0.2, -0.15) is 0 Å². The van der Waals surface area contributed by atoms with Crippen LogP contribution in [-0.2, 0) is 10.2 Å². The number of nitrogens with zero attached hydrogens (tertiary/aromatic N) is 1. The molecule has 176 valence electrons. The van der Waals surface area contributed by atoms with Crippen molar-refractivity contribution in [2.75, 3.05) is 18.6 Å². The van der Waals surface area contributed by atoms with Crippen molar-refractivity contribution in [1.82, 2.24) is 0 Å². The molecule has 0 aliphatic carbocycles. The molecule has 6 nitrogen and oxygen atoms in total. The number of rotatable bonds is 4. The molecule has 4 rings (SSSR count). The van der Waals surface area contributed by atoms with Gasteiger partial charge in [-0.1, -0.05) is 25.1 Å². The molecule has 2 aliphatic heterocycles. The molecule has 0 N–H and O–H groups in total. The molecule has 1 unspecified atom stereocenters. The molecule has 1 atom stereocenters. The Kier molecular flexibility index (Phi) is 5.59. The lowest BCUT2D eigenvalue weighted by molar-refractivity contribution is 0.0204. The van der Waals surface area contributed by atoms with Gasteiger partial charge in [0.2, 0.25) is 5.72 Å². The number of fused-ring (bicyclic) bond motifs is 2. The van der Waals surface area contributed by atoms with E-state index in [1.165, 1.54) is 11.3 Å². The fraction of sp³-hybridized carbons (Fsp3) is 0.444. The van der Waals surface area contributed by atoms with Crippen molar-refractivity contribution in [1.29, 1.82) is 0 Å². The highest BCUT2D eigenvalue weighted by atomic mass is 16.7. The smallest absolute Gasteiger partial charge is 0.493 e. The fourth-order valence-electron chi connectivity index (χ4n) is 4.74. The van der Waals surface area contributed by atoms with E-state index in [1.54, 1.807) is 40.0 Å². The summed E-state index contributed by atoms with van der Waals surface area (Å²) >= 11 is 0. The summed E-state index contributed by atoms with van der Waals surface area (Å²) < 4.78 is 23.2. The molecular weight excluding hydrogens is 418 g/mol. The number of methoxy groups -OCH3 is 1. The van der Waals surface area contributed by atoms with Gasteiger partial charge in [-0.3, -0.25) is 0 Å².